The van der Waals surface area contributed by atoms with E-state index in [9.17, 15) is 26.4 Å². The molecule has 0 atom stereocenters. The Morgan fingerprint density at radius 1 is 1.23 bits per heavy atom. The molecule has 0 bridgehead atoms. The first kappa shape index (κ1) is 23.4. The molecule has 0 radical (unpaired) electrons. The Morgan fingerprint density at radius 2 is 1.93 bits per heavy atom. The van der Waals surface area contributed by atoms with Crippen molar-refractivity contribution in [2.75, 3.05) is 6.61 Å². The van der Waals surface area contributed by atoms with Crippen molar-refractivity contribution in [3.8, 4) is 11.8 Å². The SMILES string of the molecule is CCCCOOC(=O)Cc1c(C)cc2cc(C#N)ccc2c1OS(=O)(=O)C(F)(F)F. The number of unbranched alkanes of at least 4 members (excludes halogenated alkanes) is 1. The molecule has 0 aliphatic rings. The van der Waals surface area contributed by atoms with E-state index in [4.69, 9.17) is 10.1 Å². The fourth-order valence-electron chi connectivity index (χ4n) is 2.58. The summed E-state index contributed by atoms with van der Waals surface area (Å²) in [5.74, 6) is -1.59. The zero-order valence-corrected chi connectivity index (χ0v) is 16.9. The van der Waals surface area contributed by atoms with Crippen molar-refractivity contribution in [3.05, 3.63) is 41.0 Å². The Labute approximate surface area is 171 Å². The summed E-state index contributed by atoms with van der Waals surface area (Å²) in [6.07, 6.45) is 0.831. The van der Waals surface area contributed by atoms with Gasteiger partial charge in [0.05, 0.1) is 24.7 Å². The average molecular weight is 445 g/mol. The fraction of sp³-hybridized carbons (Fsp3) is 0.368. The predicted molar refractivity (Wildman–Crippen MR) is 99.7 cm³/mol. The molecular weight excluding hydrogens is 427 g/mol. The van der Waals surface area contributed by atoms with Gasteiger partial charge >= 0.3 is 21.6 Å². The van der Waals surface area contributed by atoms with Crippen LogP contribution in [0.5, 0.6) is 5.75 Å². The van der Waals surface area contributed by atoms with Crippen LogP contribution in [-0.2, 0) is 31.1 Å². The number of rotatable bonds is 8. The minimum absolute atomic E-state index is 0.0119. The summed E-state index contributed by atoms with van der Waals surface area (Å²) < 4.78 is 66.4. The quantitative estimate of drug-likeness (QED) is 0.198. The number of carbonyl (C=O) groups is 1. The normalized spacial score (nSPS) is 11.9. The summed E-state index contributed by atoms with van der Waals surface area (Å²) in [4.78, 5) is 21.4. The van der Waals surface area contributed by atoms with Crippen LogP contribution >= 0.6 is 0 Å². The van der Waals surface area contributed by atoms with Crippen LogP contribution < -0.4 is 4.18 Å². The smallest absolute Gasteiger partial charge is 0.375 e. The van der Waals surface area contributed by atoms with Crippen molar-refractivity contribution in [1.82, 2.24) is 0 Å². The van der Waals surface area contributed by atoms with Gasteiger partial charge in [-0.3, -0.25) is 4.89 Å². The van der Waals surface area contributed by atoms with Gasteiger partial charge in [-0.15, -0.1) is 0 Å². The maximum absolute atomic E-state index is 12.9. The maximum Gasteiger partial charge on any atom is 0.534 e. The fourth-order valence-corrected chi connectivity index (χ4v) is 3.08. The van der Waals surface area contributed by atoms with Gasteiger partial charge in [-0.2, -0.15) is 31.7 Å². The van der Waals surface area contributed by atoms with Crippen molar-refractivity contribution in [2.24, 2.45) is 0 Å². The Bertz CT molecular complexity index is 1090. The zero-order chi connectivity index (χ0) is 22.5. The number of hydrogen-bond donors (Lipinski definition) is 0. The molecule has 0 amide bonds. The molecule has 2 aromatic carbocycles. The minimum atomic E-state index is -6.01. The van der Waals surface area contributed by atoms with E-state index in [-0.39, 0.29) is 34.1 Å². The van der Waals surface area contributed by atoms with E-state index in [1.807, 2.05) is 13.0 Å². The van der Waals surface area contributed by atoms with Crippen LogP contribution in [0.15, 0.2) is 24.3 Å². The van der Waals surface area contributed by atoms with Crippen LogP contribution in [0.1, 0.15) is 36.5 Å². The highest BCUT2D eigenvalue weighted by Gasteiger charge is 2.49. The topological polar surface area (TPSA) is 103 Å². The number of nitrogens with zero attached hydrogens (tertiary/aromatic N) is 1. The molecule has 0 saturated carbocycles. The Kier molecular flexibility index (Phi) is 7.28. The van der Waals surface area contributed by atoms with E-state index >= 15 is 0 Å². The highest BCUT2D eigenvalue weighted by molar-refractivity contribution is 7.88. The number of benzene rings is 2. The summed E-state index contributed by atoms with van der Waals surface area (Å²) >= 11 is 0. The second kappa shape index (κ2) is 9.32. The number of nitriles is 1. The van der Waals surface area contributed by atoms with Crippen LogP contribution in [-0.4, -0.2) is 26.5 Å². The van der Waals surface area contributed by atoms with Gasteiger partial charge in [0.2, 0.25) is 0 Å². The third-order valence-corrected chi connectivity index (χ3v) is 5.03. The van der Waals surface area contributed by atoms with E-state index in [0.29, 0.717) is 6.42 Å². The lowest BCUT2D eigenvalue weighted by atomic mass is 9.97. The molecule has 162 valence electrons. The molecule has 0 aliphatic heterocycles. The monoisotopic (exact) mass is 445 g/mol. The van der Waals surface area contributed by atoms with Gasteiger partial charge in [-0.25, -0.2) is 4.79 Å². The molecule has 0 aliphatic carbocycles. The first-order valence-corrected chi connectivity index (χ1v) is 10.2. The van der Waals surface area contributed by atoms with E-state index < -0.39 is 33.8 Å². The third-order valence-electron chi connectivity index (χ3n) is 4.08. The summed E-state index contributed by atoms with van der Waals surface area (Å²) in [6, 6.07) is 7.29. The number of alkyl halides is 3. The Balaban J connectivity index is 2.53. The lowest BCUT2D eigenvalue weighted by molar-refractivity contribution is -0.272. The molecule has 0 aromatic heterocycles. The summed E-state index contributed by atoms with van der Waals surface area (Å²) in [6.45, 7) is 3.50. The van der Waals surface area contributed by atoms with E-state index in [1.165, 1.54) is 31.2 Å². The van der Waals surface area contributed by atoms with Crippen LogP contribution in [0.2, 0.25) is 0 Å². The number of aryl methyl sites for hydroxylation is 1. The van der Waals surface area contributed by atoms with Gasteiger partial charge < -0.3 is 4.18 Å². The maximum atomic E-state index is 12.9. The second-order valence-electron chi connectivity index (χ2n) is 6.34. The van der Waals surface area contributed by atoms with Crippen molar-refractivity contribution in [2.45, 2.75) is 38.6 Å². The predicted octanol–water partition coefficient (Wildman–Crippen LogP) is 4.07. The molecule has 7 nitrogen and oxygen atoms in total. The van der Waals surface area contributed by atoms with Gasteiger partial charge in [0.15, 0.2) is 5.75 Å². The first-order valence-electron chi connectivity index (χ1n) is 8.79. The van der Waals surface area contributed by atoms with Gasteiger partial charge in [0, 0.05) is 10.9 Å². The molecule has 2 rings (SSSR count). The van der Waals surface area contributed by atoms with E-state index in [1.54, 1.807) is 0 Å². The first-order chi connectivity index (χ1) is 14.0. The summed E-state index contributed by atoms with van der Waals surface area (Å²) in [7, 11) is -6.01. The highest BCUT2D eigenvalue weighted by Crippen LogP contribution is 2.37. The van der Waals surface area contributed by atoms with Crippen molar-refractivity contribution in [1.29, 1.82) is 5.26 Å². The molecule has 11 heteroatoms. The van der Waals surface area contributed by atoms with Crippen molar-refractivity contribution >= 4 is 26.9 Å². The molecule has 30 heavy (non-hydrogen) atoms. The van der Waals surface area contributed by atoms with Crippen molar-refractivity contribution in [3.63, 3.8) is 0 Å². The van der Waals surface area contributed by atoms with E-state index in [2.05, 4.69) is 9.07 Å². The third kappa shape index (κ3) is 5.40. The Morgan fingerprint density at radius 3 is 2.53 bits per heavy atom. The van der Waals surface area contributed by atoms with Crippen LogP contribution in [0, 0.1) is 18.3 Å². The molecule has 0 fully saturated rings. The molecule has 0 spiro atoms. The highest BCUT2D eigenvalue weighted by atomic mass is 32.2. The Hall–Kier alpha value is -2.84. The van der Waals surface area contributed by atoms with Crippen LogP contribution in [0.4, 0.5) is 13.2 Å². The average Bonchev–Trinajstić information content (AvgIpc) is 2.66. The summed E-state index contributed by atoms with van der Waals surface area (Å²) in [5.41, 5.74) is -5.29. The molecule has 0 saturated heterocycles. The van der Waals surface area contributed by atoms with Gasteiger partial charge in [-0.1, -0.05) is 19.4 Å². The number of carbonyl (C=O) groups excluding carboxylic acids is 1. The van der Waals surface area contributed by atoms with Crippen LogP contribution in [0.3, 0.4) is 0 Å². The molecule has 0 unspecified atom stereocenters. The second-order valence-corrected chi connectivity index (χ2v) is 7.88. The summed E-state index contributed by atoms with van der Waals surface area (Å²) in [5, 5.41) is 9.28. The number of halogens is 3. The molecule has 0 N–H and O–H groups in total. The van der Waals surface area contributed by atoms with Gasteiger partial charge in [0.25, 0.3) is 0 Å². The lowest BCUT2D eigenvalue weighted by Crippen LogP contribution is -2.28. The molecular formula is C19H18F3NO6S. The van der Waals surface area contributed by atoms with Gasteiger partial charge in [-0.05, 0) is 42.5 Å². The largest absolute Gasteiger partial charge is 0.534 e. The van der Waals surface area contributed by atoms with Gasteiger partial charge in [0.1, 0.15) is 0 Å². The van der Waals surface area contributed by atoms with Crippen LogP contribution in [0.25, 0.3) is 10.8 Å². The van der Waals surface area contributed by atoms with E-state index in [0.717, 1.165) is 6.42 Å². The lowest BCUT2D eigenvalue weighted by Gasteiger charge is -2.17. The minimum Gasteiger partial charge on any atom is -0.375 e. The molecule has 0 heterocycles. The van der Waals surface area contributed by atoms with Crippen molar-refractivity contribution < 1.29 is 40.3 Å². The zero-order valence-electron chi connectivity index (χ0n) is 16.1. The standard InChI is InChI=1S/C19H18F3NO6S/c1-3-4-7-27-28-17(24)10-16-12(2)8-14-9-13(11-23)5-6-15(14)18(16)29-30(25,26)19(20,21)22/h5-6,8-9H,3-4,7,10H2,1-2H3. The molecule has 2 aromatic rings. The number of fused-ring (bicyclic) bond motifs is 1. The number of hydrogen-bond acceptors (Lipinski definition) is 7.